The summed E-state index contributed by atoms with van der Waals surface area (Å²) in [6, 6.07) is 2.29. The number of hydrogen-bond donors (Lipinski definition) is 1. The average molecular weight is 359 g/mol. The summed E-state index contributed by atoms with van der Waals surface area (Å²) in [6.45, 7) is 1.47. The Labute approximate surface area is 139 Å². The van der Waals surface area contributed by atoms with Gasteiger partial charge in [-0.2, -0.15) is 4.31 Å². The average Bonchev–Trinajstić information content (AvgIpc) is 2.53. The molecule has 2 unspecified atom stereocenters. The van der Waals surface area contributed by atoms with Gasteiger partial charge < -0.3 is 9.84 Å². The highest BCUT2D eigenvalue weighted by atomic mass is 32.2. The third-order valence-electron chi connectivity index (χ3n) is 4.11. The van der Waals surface area contributed by atoms with Gasteiger partial charge in [-0.1, -0.05) is 0 Å². The summed E-state index contributed by atoms with van der Waals surface area (Å²) >= 11 is 0. The summed E-state index contributed by atoms with van der Waals surface area (Å²) < 4.78 is 44.8. The maximum atomic E-state index is 13.4. The van der Waals surface area contributed by atoms with Crippen LogP contribution in [0.25, 0.3) is 0 Å². The Hall–Kier alpha value is -2.00. The van der Waals surface area contributed by atoms with Crippen LogP contribution < -0.4 is 0 Å². The first-order valence-electron chi connectivity index (χ1n) is 7.31. The summed E-state index contributed by atoms with van der Waals surface area (Å²) in [6.07, 6.45) is 0.751. The number of sulfonamides is 1. The van der Waals surface area contributed by atoms with Crippen molar-refractivity contribution in [2.45, 2.75) is 30.7 Å². The van der Waals surface area contributed by atoms with E-state index in [0.717, 1.165) is 29.6 Å². The molecule has 132 valence electrons. The molecule has 0 saturated carbocycles. The van der Waals surface area contributed by atoms with Gasteiger partial charge >= 0.3 is 11.9 Å². The minimum atomic E-state index is -4.18. The first-order valence-corrected chi connectivity index (χ1v) is 8.75. The van der Waals surface area contributed by atoms with Crippen LogP contribution in [0.4, 0.5) is 4.39 Å². The number of nitrogens with zero attached hydrogens (tertiary/aromatic N) is 1. The van der Waals surface area contributed by atoms with E-state index in [4.69, 9.17) is 5.11 Å². The number of carbonyl (C=O) groups excluding carboxylic acids is 1. The minimum Gasteiger partial charge on any atom is -0.481 e. The summed E-state index contributed by atoms with van der Waals surface area (Å²) in [7, 11) is -3.11. The van der Waals surface area contributed by atoms with Crippen LogP contribution in [0.1, 0.15) is 30.1 Å². The number of aliphatic carboxylic acids is 1. The molecule has 1 aliphatic rings. The van der Waals surface area contributed by atoms with Crippen molar-refractivity contribution in [3.05, 3.63) is 29.6 Å². The lowest BCUT2D eigenvalue weighted by molar-refractivity contribution is -0.143. The molecule has 1 aromatic rings. The van der Waals surface area contributed by atoms with E-state index in [1.807, 2.05) is 0 Å². The van der Waals surface area contributed by atoms with Gasteiger partial charge in [-0.05, 0) is 38.0 Å². The van der Waals surface area contributed by atoms with Crippen LogP contribution in [-0.2, 0) is 19.6 Å². The molecule has 1 aromatic carbocycles. The monoisotopic (exact) mass is 359 g/mol. The molecular formula is C15H18FNO6S. The second-order valence-electron chi connectivity index (χ2n) is 5.67. The number of piperidine rings is 1. The number of benzene rings is 1. The van der Waals surface area contributed by atoms with E-state index in [-0.39, 0.29) is 6.54 Å². The Morgan fingerprint density at radius 3 is 2.58 bits per heavy atom. The molecule has 24 heavy (non-hydrogen) atoms. The zero-order valence-corrected chi connectivity index (χ0v) is 14.0. The van der Waals surface area contributed by atoms with E-state index < -0.39 is 50.2 Å². The van der Waals surface area contributed by atoms with Crippen LogP contribution in [0.3, 0.4) is 0 Å². The Kier molecular flexibility index (Phi) is 5.24. The van der Waals surface area contributed by atoms with Crippen molar-refractivity contribution < 1.29 is 32.2 Å². The lowest BCUT2D eigenvalue weighted by Crippen LogP contribution is -2.47. The Morgan fingerprint density at radius 1 is 1.33 bits per heavy atom. The summed E-state index contributed by atoms with van der Waals surface area (Å²) in [5.41, 5.74) is -0.415. The fraction of sp³-hybridized carbons (Fsp3) is 0.467. The Bertz CT molecular complexity index is 763. The van der Waals surface area contributed by atoms with Gasteiger partial charge in [0.2, 0.25) is 10.0 Å². The van der Waals surface area contributed by atoms with E-state index >= 15 is 0 Å². The third-order valence-corrected chi connectivity index (χ3v) is 6.15. The molecule has 9 heteroatoms. The predicted molar refractivity (Wildman–Crippen MR) is 81.5 cm³/mol. The highest BCUT2D eigenvalue weighted by Crippen LogP contribution is 2.30. The maximum Gasteiger partial charge on any atom is 0.339 e. The topological polar surface area (TPSA) is 101 Å². The van der Waals surface area contributed by atoms with Crippen LogP contribution in [0.5, 0.6) is 0 Å². The van der Waals surface area contributed by atoms with Gasteiger partial charge in [0.15, 0.2) is 0 Å². The van der Waals surface area contributed by atoms with Crippen molar-refractivity contribution in [3.63, 3.8) is 0 Å². The standard InChI is InChI=1S/C15H18FNO6S/c1-9-3-4-10(14(18)19)8-17(9)24(21,22)13-6-5-11(16)7-12(13)15(20)23-2/h5-7,9-10H,3-4,8H2,1-2H3,(H,18,19). The van der Waals surface area contributed by atoms with Crippen LogP contribution in [-0.4, -0.2) is 49.5 Å². The van der Waals surface area contributed by atoms with Crippen LogP contribution >= 0.6 is 0 Å². The number of esters is 1. The highest BCUT2D eigenvalue weighted by Gasteiger charge is 2.39. The van der Waals surface area contributed by atoms with E-state index in [9.17, 15) is 22.4 Å². The smallest absolute Gasteiger partial charge is 0.339 e. The molecule has 0 aromatic heterocycles. The summed E-state index contributed by atoms with van der Waals surface area (Å²) in [5.74, 6) is -3.65. The number of methoxy groups -OCH3 is 1. The van der Waals surface area contributed by atoms with E-state index in [0.29, 0.717) is 12.8 Å². The number of carboxylic acid groups (broad SMARTS) is 1. The van der Waals surface area contributed by atoms with Crippen molar-refractivity contribution in [1.82, 2.24) is 4.31 Å². The molecule has 1 fully saturated rings. The SMILES string of the molecule is COC(=O)c1cc(F)ccc1S(=O)(=O)N1CC(C(=O)O)CCC1C. The fourth-order valence-electron chi connectivity index (χ4n) is 2.73. The van der Waals surface area contributed by atoms with Crippen molar-refractivity contribution >= 4 is 22.0 Å². The normalized spacial score (nSPS) is 22.1. The predicted octanol–water partition coefficient (Wildman–Crippen LogP) is 1.49. The zero-order valence-electron chi connectivity index (χ0n) is 13.2. The van der Waals surface area contributed by atoms with Crippen molar-refractivity contribution in [1.29, 1.82) is 0 Å². The quantitative estimate of drug-likeness (QED) is 0.818. The van der Waals surface area contributed by atoms with E-state index in [1.165, 1.54) is 0 Å². The molecule has 7 nitrogen and oxygen atoms in total. The number of ether oxygens (including phenoxy) is 1. The van der Waals surface area contributed by atoms with Gasteiger partial charge in [-0.25, -0.2) is 17.6 Å². The van der Waals surface area contributed by atoms with Gasteiger partial charge in [0.1, 0.15) is 5.82 Å². The zero-order chi connectivity index (χ0) is 18.1. The molecule has 0 spiro atoms. The Morgan fingerprint density at radius 2 is 2.00 bits per heavy atom. The van der Waals surface area contributed by atoms with E-state index in [2.05, 4.69) is 4.74 Å². The minimum absolute atomic E-state index is 0.198. The van der Waals surface area contributed by atoms with Gasteiger partial charge in [-0.15, -0.1) is 0 Å². The number of hydrogen-bond acceptors (Lipinski definition) is 5. The molecule has 1 aliphatic heterocycles. The molecule has 1 saturated heterocycles. The molecule has 0 amide bonds. The molecule has 0 aliphatic carbocycles. The van der Waals surface area contributed by atoms with Gasteiger partial charge in [0.25, 0.3) is 0 Å². The number of carbonyl (C=O) groups is 2. The van der Waals surface area contributed by atoms with Crippen molar-refractivity contribution in [2.24, 2.45) is 5.92 Å². The lowest BCUT2D eigenvalue weighted by Gasteiger charge is -2.35. The molecular weight excluding hydrogens is 341 g/mol. The third kappa shape index (κ3) is 3.41. The number of rotatable bonds is 4. The Balaban J connectivity index is 2.50. The van der Waals surface area contributed by atoms with Crippen LogP contribution in [0, 0.1) is 11.7 Å². The van der Waals surface area contributed by atoms with Crippen molar-refractivity contribution in [2.75, 3.05) is 13.7 Å². The van der Waals surface area contributed by atoms with Crippen LogP contribution in [0.15, 0.2) is 23.1 Å². The molecule has 0 radical (unpaired) electrons. The largest absolute Gasteiger partial charge is 0.481 e. The van der Waals surface area contributed by atoms with Crippen molar-refractivity contribution in [3.8, 4) is 0 Å². The molecule has 1 heterocycles. The van der Waals surface area contributed by atoms with Gasteiger partial charge in [-0.3, -0.25) is 4.79 Å². The fourth-order valence-corrected chi connectivity index (χ4v) is 4.60. The summed E-state index contributed by atoms with van der Waals surface area (Å²) in [5, 5.41) is 9.15. The molecule has 1 N–H and O–H groups in total. The first-order chi connectivity index (χ1) is 11.2. The van der Waals surface area contributed by atoms with Gasteiger partial charge in [0.05, 0.1) is 23.5 Å². The first kappa shape index (κ1) is 18.3. The lowest BCUT2D eigenvalue weighted by atomic mass is 9.96. The number of halogens is 1. The number of carboxylic acids is 1. The molecule has 2 atom stereocenters. The molecule has 0 bridgehead atoms. The molecule has 2 rings (SSSR count). The second kappa shape index (κ2) is 6.86. The summed E-state index contributed by atoms with van der Waals surface area (Å²) in [4.78, 5) is 22.6. The highest BCUT2D eigenvalue weighted by molar-refractivity contribution is 7.89. The van der Waals surface area contributed by atoms with E-state index in [1.54, 1.807) is 6.92 Å². The second-order valence-corrected chi connectivity index (χ2v) is 7.53. The maximum absolute atomic E-state index is 13.4. The van der Waals surface area contributed by atoms with Crippen LogP contribution in [0.2, 0.25) is 0 Å². The van der Waals surface area contributed by atoms with Gasteiger partial charge in [0, 0.05) is 12.6 Å².